The molecule has 2 rings (SSSR count). The molecule has 0 unspecified atom stereocenters. The lowest BCUT2D eigenvalue weighted by Crippen LogP contribution is -2.24. The molecule has 0 atom stereocenters. The lowest BCUT2D eigenvalue weighted by Gasteiger charge is -2.25. The van der Waals surface area contributed by atoms with Gasteiger partial charge in [0.25, 0.3) is 0 Å². The molecule has 5 nitrogen and oxygen atoms in total. The van der Waals surface area contributed by atoms with Crippen molar-refractivity contribution in [3.63, 3.8) is 0 Å². The monoisotopic (exact) mass is 371 g/mol. The van der Waals surface area contributed by atoms with Crippen molar-refractivity contribution in [3.8, 4) is 16.9 Å². The third kappa shape index (κ3) is 4.00. The first-order chi connectivity index (χ1) is 11.8. The summed E-state index contributed by atoms with van der Waals surface area (Å²) in [7, 11) is 0. The Morgan fingerprint density at radius 3 is 2.35 bits per heavy atom. The van der Waals surface area contributed by atoms with Crippen molar-refractivity contribution >= 4 is 5.97 Å². The Balaban J connectivity index is 2.83. The predicted molar refractivity (Wildman–Crippen MR) is 89.4 cm³/mol. The average Bonchev–Trinajstić information content (AvgIpc) is 2.45. The Hall–Kier alpha value is -2.51. The van der Waals surface area contributed by atoms with Gasteiger partial charge in [0.2, 0.25) is 0 Å². The van der Waals surface area contributed by atoms with Gasteiger partial charge in [0.05, 0.1) is 6.61 Å². The summed E-state index contributed by atoms with van der Waals surface area (Å²) in [6.45, 7) is 7.51. The van der Waals surface area contributed by atoms with Gasteiger partial charge in [-0.25, -0.2) is 4.79 Å². The Bertz CT molecular complexity index is 863. The van der Waals surface area contributed by atoms with Gasteiger partial charge in [0, 0.05) is 23.9 Å². The summed E-state index contributed by atoms with van der Waals surface area (Å²) in [6, 6.07) is 1.38. The van der Waals surface area contributed by atoms with Crippen LogP contribution in [0.25, 0.3) is 11.1 Å². The summed E-state index contributed by atoms with van der Waals surface area (Å²) >= 11 is 0. The number of carbonyl (C=O) groups is 1. The Kier molecular flexibility index (Phi) is 5.07. The summed E-state index contributed by atoms with van der Waals surface area (Å²) in [5.41, 5.74) is -3.26. The molecule has 8 heteroatoms. The number of pyridine rings is 1. The van der Waals surface area contributed by atoms with Gasteiger partial charge in [-0.2, -0.15) is 13.2 Å². The maximum Gasteiger partial charge on any atom is 0.420 e. The Labute approximate surface area is 148 Å². The maximum absolute atomic E-state index is 13.0. The van der Waals surface area contributed by atoms with E-state index in [0.717, 1.165) is 0 Å². The third-order valence-corrected chi connectivity index (χ3v) is 3.63. The van der Waals surface area contributed by atoms with E-state index in [1.54, 1.807) is 6.92 Å². The number of carbonyl (C=O) groups excluding carboxylic acids is 1. The highest BCUT2D eigenvalue weighted by molar-refractivity contribution is 5.94. The molecule has 1 aliphatic carbocycles. The van der Waals surface area contributed by atoms with E-state index in [4.69, 9.17) is 4.74 Å². The molecule has 0 saturated heterocycles. The number of rotatable bonds is 3. The minimum Gasteiger partial charge on any atom is -0.505 e. The van der Waals surface area contributed by atoms with Gasteiger partial charge < -0.3 is 14.4 Å². The van der Waals surface area contributed by atoms with Crippen molar-refractivity contribution < 1.29 is 27.8 Å². The zero-order valence-corrected chi connectivity index (χ0v) is 14.9. The fraction of sp³-hybridized carbons (Fsp3) is 0.444. The van der Waals surface area contributed by atoms with Crippen LogP contribution in [0.3, 0.4) is 0 Å². The maximum atomic E-state index is 13.0. The normalized spacial score (nSPS) is 12.4. The molecule has 0 bridgehead atoms. The number of fused-ring (bicyclic) bond motifs is 1. The van der Waals surface area contributed by atoms with Crippen LogP contribution < -0.4 is 5.43 Å². The van der Waals surface area contributed by atoms with Crippen LogP contribution >= 0.6 is 0 Å². The highest BCUT2D eigenvalue weighted by Crippen LogP contribution is 2.38. The molecule has 1 heterocycles. The fourth-order valence-electron chi connectivity index (χ4n) is 2.68. The number of hydrogen-bond acceptors (Lipinski definition) is 4. The minimum atomic E-state index is -4.81. The van der Waals surface area contributed by atoms with Crippen molar-refractivity contribution in [1.29, 1.82) is 0 Å². The molecule has 26 heavy (non-hydrogen) atoms. The average molecular weight is 371 g/mol. The lowest BCUT2D eigenvalue weighted by molar-refractivity contribution is -0.138. The smallest absolute Gasteiger partial charge is 0.420 e. The third-order valence-electron chi connectivity index (χ3n) is 3.63. The largest absolute Gasteiger partial charge is 0.505 e. The molecule has 0 aromatic carbocycles. The van der Waals surface area contributed by atoms with E-state index in [9.17, 15) is 27.9 Å². The van der Waals surface area contributed by atoms with Crippen molar-refractivity contribution in [3.05, 3.63) is 39.8 Å². The van der Waals surface area contributed by atoms with E-state index in [1.165, 1.54) is 10.8 Å². The SMILES string of the molecule is CCOC(=O)c1c(O)c2cc(=O)c(C(F)(F)F)cc-2cn1CC(C)(C)C. The first-order valence-corrected chi connectivity index (χ1v) is 7.99. The summed E-state index contributed by atoms with van der Waals surface area (Å²) in [5.74, 6) is -1.39. The van der Waals surface area contributed by atoms with Crippen LogP contribution in [0.2, 0.25) is 0 Å². The topological polar surface area (TPSA) is 68.5 Å². The van der Waals surface area contributed by atoms with Gasteiger partial charge in [-0.3, -0.25) is 4.79 Å². The van der Waals surface area contributed by atoms with Crippen LogP contribution in [-0.4, -0.2) is 22.2 Å². The second kappa shape index (κ2) is 6.66. The van der Waals surface area contributed by atoms with Crippen LogP contribution in [0.15, 0.2) is 23.1 Å². The van der Waals surface area contributed by atoms with E-state index in [-0.39, 0.29) is 35.4 Å². The molecule has 142 valence electrons. The molecular weight excluding hydrogens is 351 g/mol. The van der Waals surface area contributed by atoms with Crippen LogP contribution in [0.5, 0.6) is 5.75 Å². The number of benzene rings is 1. The molecule has 0 spiro atoms. The molecule has 1 N–H and O–H groups in total. The number of halogens is 3. The molecule has 0 amide bonds. The summed E-state index contributed by atoms with van der Waals surface area (Å²) < 4.78 is 45.3. The van der Waals surface area contributed by atoms with E-state index in [2.05, 4.69) is 0 Å². The van der Waals surface area contributed by atoms with E-state index in [1.807, 2.05) is 20.8 Å². The standard InChI is InChI=1S/C18H20F3NO4/c1-5-26-16(25)14-15(24)11-7-13(23)12(18(19,20)21)6-10(11)8-22(14)9-17(2,3)4/h6-8,24H,5,9H2,1-4H3. The summed E-state index contributed by atoms with van der Waals surface area (Å²) in [4.78, 5) is 24.1. The molecule has 2 aliphatic rings. The molecular formula is C18H20F3NO4. The Morgan fingerprint density at radius 2 is 1.85 bits per heavy atom. The minimum absolute atomic E-state index is 0.00623. The summed E-state index contributed by atoms with van der Waals surface area (Å²) in [6.07, 6.45) is -3.49. The van der Waals surface area contributed by atoms with E-state index >= 15 is 0 Å². The van der Waals surface area contributed by atoms with Crippen LogP contribution in [0.4, 0.5) is 13.2 Å². The van der Waals surface area contributed by atoms with Gasteiger partial charge in [-0.15, -0.1) is 0 Å². The van der Waals surface area contributed by atoms with Gasteiger partial charge in [0.15, 0.2) is 16.9 Å². The van der Waals surface area contributed by atoms with Crippen LogP contribution in [0, 0.1) is 5.41 Å². The van der Waals surface area contributed by atoms with Crippen LogP contribution in [-0.2, 0) is 17.5 Å². The number of aromatic nitrogens is 1. The van der Waals surface area contributed by atoms with E-state index < -0.39 is 28.9 Å². The van der Waals surface area contributed by atoms with Crippen molar-refractivity contribution in [2.24, 2.45) is 5.41 Å². The second-order valence-electron chi connectivity index (χ2n) is 7.17. The molecule has 0 saturated carbocycles. The highest BCUT2D eigenvalue weighted by Gasteiger charge is 2.35. The van der Waals surface area contributed by atoms with Gasteiger partial charge in [-0.05, 0) is 24.5 Å². The number of alkyl halides is 3. The molecule has 1 aliphatic heterocycles. The lowest BCUT2D eigenvalue weighted by atomic mass is 9.94. The molecule has 0 radical (unpaired) electrons. The number of nitrogens with zero attached hydrogens (tertiary/aromatic N) is 1. The van der Waals surface area contributed by atoms with Crippen molar-refractivity contribution in [2.75, 3.05) is 6.61 Å². The zero-order chi connectivity index (χ0) is 19.9. The highest BCUT2D eigenvalue weighted by atomic mass is 19.4. The second-order valence-corrected chi connectivity index (χ2v) is 7.17. The quantitative estimate of drug-likeness (QED) is 0.831. The van der Waals surface area contributed by atoms with Crippen LogP contribution in [0.1, 0.15) is 43.7 Å². The number of aromatic hydroxyl groups is 1. The number of hydrogen-bond donors (Lipinski definition) is 1. The molecule has 0 aromatic rings. The van der Waals surface area contributed by atoms with Gasteiger partial charge in [0.1, 0.15) is 5.56 Å². The van der Waals surface area contributed by atoms with E-state index in [0.29, 0.717) is 12.1 Å². The first-order valence-electron chi connectivity index (χ1n) is 7.99. The fourth-order valence-corrected chi connectivity index (χ4v) is 2.68. The van der Waals surface area contributed by atoms with Gasteiger partial charge >= 0.3 is 12.1 Å². The van der Waals surface area contributed by atoms with Gasteiger partial charge in [-0.1, -0.05) is 20.8 Å². The molecule has 0 aromatic heterocycles. The first kappa shape index (κ1) is 19.8. The number of ether oxygens (including phenoxy) is 1. The predicted octanol–water partition coefficient (Wildman–Crippen LogP) is 3.90. The van der Waals surface area contributed by atoms with Crippen molar-refractivity contribution in [2.45, 2.75) is 40.4 Å². The zero-order valence-electron chi connectivity index (χ0n) is 14.9. The van der Waals surface area contributed by atoms with Crippen molar-refractivity contribution in [1.82, 2.24) is 4.57 Å². The summed E-state index contributed by atoms with van der Waals surface area (Å²) in [5, 5.41) is 10.5. The molecule has 0 fully saturated rings. The Morgan fingerprint density at radius 1 is 1.23 bits per heavy atom. The number of esters is 1.